The van der Waals surface area contributed by atoms with Crippen LogP contribution in [-0.4, -0.2) is 18.0 Å². The lowest BCUT2D eigenvalue weighted by Gasteiger charge is -2.23. The third kappa shape index (κ3) is 8.26. The second kappa shape index (κ2) is 10.9. The van der Waals surface area contributed by atoms with Gasteiger partial charge in [-0.3, -0.25) is 0 Å². The molecule has 15 heavy (non-hydrogen) atoms. The van der Waals surface area contributed by atoms with Gasteiger partial charge >= 0.3 is 0 Å². The topological polar surface area (TPSA) is 0 Å². The minimum Gasteiger partial charge on any atom is -0.104 e. The average molecular weight is 230 g/mol. The van der Waals surface area contributed by atoms with Crippen molar-refractivity contribution in [2.45, 2.75) is 78.3 Å². The van der Waals surface area contributed by atoms with Crippen LogP contribution < -0.4 is 0 Å². The van der Waals surface area contributed by atoms with Crippen LogP contribution in [0.25, 0.3) is 0 Å². The fourth-order valence-electron chi connectivity index (χ4n) is 1.94. The van der Waals surface area contributed by atoms with Crippen molar-refractivity contribution in [1.29, 1.82) is 0 Å². The molecule has 0 amide bonds. The Labute approximate surface area is 99.0 Å². The van der Waals surface area contributed by atoms with E-state index in [1.54, 1.807) is 12.3 Å². The molecule has 0 aromatic rings. The van der Waals surface area contributed by atoms with Gasteiger partial charge in [0.1, 0.15) is 0 Å². The third-order valence-electron chi connectivity index (χ3n) is 3.31. The van der Waals surface area contributed by atoms with E-state index in [2.05, 4.69) is 27.7 Å². The standard InChI is InChI=1S/C14H31P/c1-5-8-10-12-15(14(4)7-3)13-11-9-6-2/h14H,5-13H2,1-4H3. The summed E-state index contributed by atoms with van der Waals surface area (Å²) >= 11 is 0. The Kier molecular flexibility index (Phi) is 11.2. The molecule has 0 fully saturated rings. The molecule has 1 unspecified atom stereocenters. The summed E-state index contributed by atoms with van der Waals surface area (Å²) in [5.74, 6) is 0. The van der Waals surface area contributed by atoms with E-state index in [1.165, 1.54) is 44.9 Å². The molecule has 0 aromatic heterocycles. The average Bonchev–Trinajstić information content (AvgIpc) is 2.26. The Balaban J connectivity index is 3.73. The summed E-state index contributed by atoms with van der Waals surface area (Å²) in [6.45, 7) is 9.45. The first-order valence-corrected chi connectivity index (χ1v) is 8.78. The fraction of sp³-hybridized carbons (Fsp3) is 1.00. The van der Waals surface area contributed by atoms with Crippen LogP contribution in [0, 0.1) is 0 Å². The van der Waals surface area contributed by atoms with Crippen molar-refractivity contribution in [2.24, 2.45) is 0 Å². The molecule has 1 heteroatoms. The Morgan fingerprint density at radius 3 is 1.60 bits per heavy atom. The molecular formula is C14H31P. The van der Waals surface area contributed by atoms with E-state index in [1.807, 2.05) is 0 Å². The maximum atomic E-state index is 2.48. The molecule has 0 nitrogen and oxygen atoms in total. The highest BCUT2D eigenvalue weighted by molar-refractivity contribution is 7.58. The zero-order valence-electron chi connectivity index (χ0n) is 11.4. The zero-order chi connectivity index (χ0) is 11.5. The van der Waals surface area contributed by atoms with E-state index in [-0.39, 0.29) is 0 Å². The van der Waals surface area contributed by atoms with E-state index in [0.29, 0.717) is 7.92 Å². The number of unbranched alkanes of at least 4 members (excludes halogenated alkanes) is 4. The largest absolute Gasteiger partial charge is 0.104 e. The normalized spacial score (nSPS) is 13.4. The number of hydrogen-bond acceptors (Lipinski definition) is 0. The van der Waals surface area contributed by atoms with Crippen molar-refractivity contribution in [2.75, 3.05) is 12.3 Å². The van der Waals surface area contributed by atoms with E-state index in [0.717, 1.165) is 5.66 Å². The summed E-state index contributed by atoms with van der Waals surface area (Å²) in [4.78, 5) is 0. The summed E-state index contributed by atoms with van der Waals surface area (Å²) < 4.78 is 0. The molecule has 0 heterocycles. The van der Waals surface area contributed by atoms with Gasteiger partial charge in [0.2, 0.25) is 0 Å². The Morgan fingerprint density at radius 2 is 1.27 bits per heavy atom. The van der Waals surface area contributed by atoms with E-state index in [9.17, 15) is 0 Å². The molecule has 0 rings (SSSR count). The molecule has 0 saturated heterocycles. The van der Waals surface area contributed by atoms with Gasteiger partial charge in [-0.25, -0.2) is 0 Å². The highest BCUT2D eigenvalue weighted by Gasteiger charge is 2.13. The second-order valence-corrected chi connectivity index (χ2v) is 7.66. The van der Waals surface area contributed by atoms with Crippen molar-refractivity contribution >= 4 is 7.92 Å². The van der Waals surface area contributed by atoms with Gasteiger partial charge in [0.05, 0.1) is 0 Å². The first kappa shape index (κ1) is 15.4. The summed E-state index contributed by atoms with van der Waals surface area (Å²) in [7, 11) is 0.355. The van der Waals surface area contributed by atoms with Crippen molar-refractivity contribution in [3.63, 3.8) is 0 Å². The first-order valence-electron chi connectivity index (χ1n) is 7.00. The molecule has 0 spiro atoms. The van der Waals surface area contributed by atoms with Crippen LogP contribution in [0.1, 0.15) is 72.6 Å². The van der Waals surface area contributed by atoms with Crippen LogP contribution in [0.2, 0.25) is 0 Å². The van der Waals surface area contributed by atoms with Gasteiger partial charge in [-0.1, -0.05) is 53.4 Å². The molecule has 0 saturated carbocycles. The van der Waals surface area contributed by atoms with E-state index < -0.39 is 0 Å². The summed E-state index contributed by atoms with van der Waals surface area (Å²) in [5, 5.41) is 0. The monoisotopic (exact) mass is 230 g/mol. The van der Waals surface area contributed by atoms with E-state index in [4.69, 9.17) is 0 Å². The SMILES string of the molecule is CCCCCP(CCCCC)C(C)CC. The van der Waals surface area contributed by atoms with Crippen molar-refractivity contribution in [3.8, 4) is 0 Å². The van der Waals surface area contributed by atoms with Crippen LogP contribution in [-0.2, 0) is 0 Å². The number of rotatable bonds is 10. The highest BCUT2D eigenvalue weighted by atomic mass is 31.1. The van der Waals surface area contributed by atoms with Crippen LogP contribution in [0.3, 0.4) is 0 Å². The Bertz CT molecular complexity index is 113. The van der Waals surface area contributed by atoms with Gasteiger partial charge in [0.25, 0.3) is 0 Å². The lowest BCUT2D eigenvalue weighted by Crippen LogP contribution is -2.04. The first-order chi connectivity index (χ1) is 7.26. The maximum Gasteiger partial charge on any atom is -0.0240 e. The lowest BCUT2D eigenvalue weighted by molar-refractivity contribution is 0.752. The minimum absolute atomic E-state index is 0.355. The molecule has 0 aliphatic carbocycles. The van der Waals surface area contributed by atoms with Crippen molar-refractivity contribution in [3.05, 3.63) is 0 Å². The van der Waals surface area contributed by atoms with Gasteiger partial charge in [-0.15, -0.1) is 7.92 Å². The summed E-state index contributed by atoms with van der Waals surface area (Å²) in [6, 6.07) is 0. The third-order valence-corrected chi connectivity index (χ3v) is 6.71. The molecule has 0 aliphatic rings. The molecule has 0 aromatic carbocycles. The van der Waals surface area contributed by atoms with Crippen LogP contribution >= 0.6 is 7.92 Å². The van der Waals surface area contributed by atoms with Crippen LogP contribution in [0.15, 0.2) is 0 Å². The zero-order valence-corrected chi connectivity index (χ0v) is 12.3. The Morgan fingerprint density at radius 1 is 0.800 bits per heavy atom. The maximum absolute atomic E-state index is 2.48. The van der Waals surface area contributed by atoms with Crippen molar-refractivity contribution in [1.82, 2.24) is 0 Å². The molecule has 0 aliphatic heterocycles. The van der Waals surface area contributed by atoms with E-state index >= 15 is 0 Å². The fourth-order valence-corrected chi connectivity index (χ4v) is 4.82. The van der Waals surface area contributed by atoms with Gasteiger partial charge in [-0.2, -0.15) is 0 Å². The molecule has 0 bridgehead atoms. The smallest absolute Gasteiger partial charge is 0.0240 e. The molecule has 0 radical (unpaired) electrons. The van der Waals surface area contributed by atoms with Crippen LogP contribution in [0.4, 0.5) is 0 Å². The van der Waals surface area contributed by atoms with Gasteiger partial charge < -0.3 is 0 Å². The molecular weight excluding hydrogens is 199 g/mol. The molecule has 92 valence electrons. The highest BCUT2D eigenvalue weighted by Crippen LogP contribution is 2.44. The predicted octanol–water partition coefficient (Wildman–Crippen LogP) is 5.65. The summed E-state index contributed by atoms with van der Waals surface area (Å²) in [5.41, 5.74) is 1.01. The van der Waals surface area contributed by atoms with Gasteiger partial charge in [-0.05, 0) is 37.2 Å². The minimum atomic E-state index is 0.355. The quantitative estimate of drug-likeness (QED) is 0.336. The Hall–Kier alpha value is 0.430. The lowest BCUT2D eigenvalue weighted by atomic mass is 10.3. The van der Waals surface area contributed by atoms with Crippen LogP contribution in [0.5, 0.6) is 0 Å². The van der Waals surface area contributed by atoms with Gasteiger partial charge in [0.15, 0.2) is 0 Å². The molecule has 1 atom stereocenters. The predicted molar refractivity (Wildman–Crippen MR) is 75.5 cm³/mol. The molecule has 0 N–H and O–H groups in total. The van der Waals surface area contributed by atoms with Crippen molar-refractivity contribution < 1.29 is 0 Å². The second-order valence-electron chi connectivity index (χ2n) is 4.71. The summed E-state index contributed by atoms with van der Waals surface area (Å²) in [6.07, 6.45) is 13.1. The van der Waals surface area contributed by atoms with Gasteiger partial charge in [0, 0.05) is 0 Å². The number of hydrogen-bond donors (Lipinski definition) is 0.